The fourth-order valence-electron chi connectivity index (χ4n) is 0.756. The van der Waals surface area contributed by atoms with Gasteiger partial charge in [0.1, 0.15) is 0 Å². The van der Waals surface area contributed by atoms with Crippen molar-refractivity contribution >= 4 is 21.7 Å². The molecule has 0 saturated heterocycles. The second kappa shape index (κ2) is 4.09. The normalized spacial score (nSPS) is 10.3. The van der Waals surface area contributed by atoms with Gasteiger partial charge in [0, 0.05) is 5.56 Å². The maximum Gasteiger partial charge on any atom is 0.186 e. The van der Waals surface area contributed by atoms with E-state index in [9.17, 15) is 4.79 Å². The van der Waals surface area contributed by atoms with Gasteiger partial charge in [0.25, 0.3) is 0 Å². The van der Waals surface area contributed by atoms with Crippen LogP contribution in [0, 0.1) is 0 Å². The van der Waals surface area contributed by atoms with Crippen molar-refractivity contribution in [2.24, 2.45) is 0 Å². The number of hydrogen-bond donors (Lipinski definition) is 0. The molecule has 0 unspecified atom stereocenters. The third-order valence-electron chi connectivity index (χ3n) is 1.27. The lowest BCUT2D eigenvalue weighted by atomic mass is 10.1. The zero-order chi connectivity index (χ0) is 8.10. The molecule has 0 amide bonds. The highest BCUT2D eigenvalue weighted by Gasteiger charge is 1.97. The Labute approximate surface area is 73.9 Å². The minimum Gasteiger partial charge on any atom is -0.289 e. The predicted octanol–water partition coefficient (Wildman–Crippen LogP) is 2.78. The molecule has 0 aliphatic rings. The summed E-state index contributed by atoms with van der Waals surface area (Å²) < 4.78 is 0. The maximum atomic E-state index is 11.1. The summed E-state index contributed by atoms with van der Waals surface area (Å²) >= 11 is 3.05. The van der Waals surface area contributed by atoms with Gasteiger partial charge in [-0.2, -0.15) is 0 Å². The van der Waals surface area contributed by atoms with Gasteiger partial charge >= 0.3 is 0 Å². The van der Waals surface area contributed by atoms with Crippen LogP contribution in [-0.4, -0.2) is 5.78 Å². The topological polar surface area (TPSA) is 17.1 Å². The quantitative estimate of drug-likeness (QED) is 0.543. The van der Waals surface area contributed by atoms with Crippen LogP contribution in [0.4, 0.5) is 0 Å². The van der Waals surface area contributed by atoms with E-state index >= 15 is 0 Å². The molecule has 0 radical (unpaired) electrons. The Morgan fingerprint density at radius 2 is 1.91 bits per heavy atom. The second-order valence-corrected chi connectivity index (χ2v) is 2.55. The summed E-state index contributed by atoms with van der Waals surface area (Å²) in [4.78, 5) is 12.7. The molecule has 0 bridgehead atoms. The number of hydrogen-bond acceptors (Lipinski definition) is 1. The Morgan fingerprint density at radius 1 is 1.27 bits per heavy atom. The van der Waals surface area contributed by atoms with E-state index in [2.05, 4.69) is 15.9 Å². The van der Waals surface area contributed by atoms with Gasteiger partial charge in [-0.1, -0.05) is 46.3 Å². The molecule has 1 aromatic rings. The van der Waals surface area contributed by atoms with Gasteiger partial charge in [-0.25, -0.2) is 0 Å². The highest BCUT2D eigenvalue weighted by molar-refractivity contribution is 9.11. The first-order valence-electron chi connectivity index (χ1n) is 3.21. The van der Waals surface area contributed by atoms with Crippen molar-refractivity contribution in [2.45, 2.75) is 0 Å². The van der Waals surface area contributed by atoms with Gasteiger partial charge in [0.15, 0.2) is 5.78 Å². The molecule has 11 heavy (non-hydrogen) atoms. The van der Waals surface area contributed by atoms with Crippen molar-refractivity contribution in [1.29, 1.82) is 0 Å². The summed E-state index contributed by atoms with van der Waals surface area (Å²) in [7, 11) is 0. The van der Waals surface area contributed by atoms with Crippen LogP contribution in [0.15, 0.2) is 41.4 Å². The minimum atomic E-state index is 0.0162. The fraction of sp³-hybridized carbons (Fsp3) is 0. The van der Waals surface area contributed by atoms with E-state index < -0.39 is 0 Å². The number of carbonyl (C=O) groups excluding carboxylic acids is 1. The lowest BCUT2D eigenvalue weighted by molar-refractivity contribution is 0.104. The molecule has 1 aromatic carbocycles. The molecule has 1 rings (SSSR count). The van der Waals surface area contributed by atoms with E-state index in [-0.39, 0.29) is 5.78 Å². The standard InChI is InChI=1S/C9H7BrO/c10-7-6-9(11)8-4-2-1-3-5-8/h1-7H. The second-order valence-electron chi connectivity index (χ2n) is 2.02. The average molecular weight is 211 g/mol. The molecule has 0 saturated carbocycles. The average Bonchev–Trinajstić information content (AvgIpc) is 2.07. The molecular weight excluding hydrogens is 204 g/mol. The lowest BCUT2D eigenvalue weighted by Gasteiger charge is -1.91. The van der Waals surface area contributed by atoms with Gasteiger partial charge in [0.2, 0.25) is 0 Å². The summed E-state index contributed by atoms with van der Waals surface area (Å²) in [6, 6.07) is 9.14. The number of rotatable bonds is 2. The molecular formula is C9H7BrO. The highest BCUT2D eigenvalue weighted by Crippen LogP contribution is 2.01. The molecule has 0 atom stereocenters. The summed E-state index contributed by atoms with van der Waals surface area (Å²) in [6.45, 7) is 0. The Bertz CT molecular complexity index is 264. The van der Waals surface area contributed by atoms with Crippen LogP contribution in [0.2, 0.25) is 0 Å². The molecule has 0 heterocycles. The molecule has 0 spiro atoms. The number of carbonyl (C=O) groups is 1. The monoisotopic (exact) mass is 210 g/mol. The van der Waals surface area contributed by atoms with E-state index in [1.54, 1.807) is 17.1 Å². The minimum absolute atomic E-state index is 0.0162. The van der Waals surface area contributed by atoms with E-state index in [0.29, 0.717) is 5.56 Å². The van der Waals surface area contributed by atoms with Crippen molar-refractivity contribution in [3.63, 3.8) is 0 Å². The Kier molecular flexibility index (Phi) is 3.05. The zero-order valence-electron chi connectivity index (χ0n) is 5.83. The van der Waals surface area contributed by atoms with Crippen molar-refractivity contribution in [3.05, 3.63) is 47.0 Å². The zero-order valence-corrected chi connectivity index (χ0v) is 7.41. The summed E-state index contributed by atoms with van der Waals surface area (Å²) in [5.41, 5.74) is 0.711. The van der Waals surface area contributed by atoms with Gasteiger partial charge in [-0.3, -0.25) is 4.79 Å². The molecule has 0 fully saturated rings. The van der Waals surface area contributed by atoms with E-state index in [1.165, 1.54) is 6.08 Å². The van der Waals surface area contributed by atoms with E-state index in [4.69, 9.17) is 0 Å². The Morgan fingerprint density at radius 3 is 2.45 bits per heavy atom. The van der Waals surface area contributed by atoms with Crippen molar-refractivity contribution < 1.29 is 4.79 Å². The first-order valence-corrected chi connectivity index (χ1v) is 4.12. The number of ketones is 1. The third-order valence-corrected chi connectivity index (χ3v) is 1.54. The van der Waals surface area contributed by atoms with Crippen LogP contribution in [0.3, 0.4) is 0 Å². The Balaban J connectivity index is 2.86. The number of halogens is 1. The molecule has 1 nitrogen and oxygen atoms in total. The van der Waals surface area contributed by atoms with Crippen LogP contribution >= 0.6 is 15.9 Å². The van der Waals surface area contributed by atoms with Gasteiger partial charge < -0.3 is 0 Å². The number of benzene rings is 1. The SMILES string of the molecule is O=C(C=CBr)c1ccccc1. The van der Waals surface area contributed by atoms with E-state index in [0.717, 1.165) is 0 Å². The molecule has 0 aliphatic carbocycles. The molecule has 56 valence electrons. The van der Waals surface area contributed by atoms with Crippen LogP contribution in [0.1, 0.15) is 10.4 Å². The Hall–Kier alpha value is -0.890. The predicted molar refractivity (Wildman–Crippen MR) is 48.8 cm³/mol. The largest absolute Gasteiger partial charge is 0.289 e. The lowest BCUT2D eigenvalue weighted by Crippen LogP contribution is -1.91. The van der Waals surface area contributed by atoms with Crippen LogP contribution in [0.5, 0.6) is 0 Å². The van der Waals surface area contributed by atoms with Crippen LogP contribution < -0.4 is 0 Å². The maximum absolute atomic E-state index is 11.1. The summed E-state index contributed by atoms with van der Waals surface area (Å²) in [5.74, 6) is 0.0162. The van der Waals surface area contributed by atoms with Crippen LogP contribution in [-0.2, 0) is 0 Å². The third kappa shape index (κ3) is 2.31. The van der Waals surface area contributed by atoms with Gasteiger partial charge in [-0.05, 0) is 11.1 Å². The highest BCUT2D eigenvalue weighted by atomic mass is 79.9. The van der Waals surface area contributed by atoms with Crippen molar-refractivity contribution in [3.8, 4) is 0 Å². The first-order chi connectivity index (χ1) is 5.34. The first kappa shape index (κ1) is 8.21. The molecule has 0 N–H and O–H groups in total. The molecule has 0 aliphatic heterocycles. The van der Waals surface area contributed by atoms with Crippen LogP contribution in [0.25, 0.3) is 0 Å². The number of allylic oxidation sites excluding steroid dienone is 1. The molecule has 0 aromatic heterocycles. The van der Waals surface area contributed by atoms with Crippen molar-refractivity contribution in [2.75, 3.05) is 0 Å². The fourth-order valence-corrected chi connectivity index (χ4v) is 0.996. The van der Waals surface area contributed by atoms with Gasteiger partial charge in [-0.15, -0.1) is 0 Å². The van der Waals surface area contributed by atoms with Gasteiger partial charge in [0.05, 0.1) is 0 Å². The van der Waals surface area contributed by atoms with Crippen molar-refractivity contribution in [1.82, 2.24) is 0 Å². The smallest absolute Gasteiger partial charge is 0.186 e. The summed E-state index contributed by atoms with van der Waals surface area (Å²) in [6.07, 6.45) is 1.48. The van der Waals surface area contributed by atoms with E-state index in [1.807, 2.05) is 18.2 Å². The summed E-state index contributed by atoms with van der Waals surface area (Å²) in [5, 5.41) is 0. The molecule has 2 heteroatoms.